The van der Waals surface area contributed by atoms with Crippen LogP contribution in [0.1, 0.15) is 90.9 Å². The van der Waals surface area contributed by atoms with Crippen LogP contribution in [0.3, 0.4) is 0 Å². The molecule has 0 unspecified atom stereocenters. The molecule has 0 saturated heterocycles. The second-order valence-corrected chi connectivity index (χ2v) is 7.48. The van der Waals surface area contributed by atoms with E-state index in [0.29, 0.717) is 0 Å². The summed E-state index contributed by atoms with van der Waals surface area (Å²) in [7, 11) is 0. The quantitative estimate of drug-likeness (QED) is 0.512. The van der Waals surface area contributed by atoms with Gasteiger partial charge in [-0.1, -0.05) is 38.5 Å². The molecule has 0 radical (unpaired) electrons. The van der Waals surface area contributed by atoms with Crippen molar-refractivity contribution in [3.63, 3.8) is 0 Å². The van der Waals surface area contributed by atoms with Crippen molar-refractivity contribution in [3.8, 4) is 0 Å². The van der Waals surface area contributed by atoms with Gasteiger partial charge < -0.3 is 14.2 Å². The van der Waals surface area contributed by atoms with Crippen LogP contribution >= 0.6 is 0 Å². The Labute approximate surface area is 143 Å². The second-order valence-electron chi connectivity index (χ2n) is 7.48. The van der Waals surface area contributed by atoms with Crippen LogP contribution in [0, 0.1) is 0 Å². The Kier molecular flexibility index (Phi) is 8.35. The molecule has 3 nitrogen and oxygen atoms in total. The zero-order chi connectivity index (χ0) is 16.4. The number of ether oxygens (including phenoxy) is 3. The Bertz CT molecular complexity index is 274. The van der Waals surface area contributed by atoms with Gasteiger partial charge in [0.1, 0.15) is 0 Å². The monoisotopic (exact) mass is 326 g/mol. The average Bonchev–Trinajstić information content (AvgIpc) is 2.57. The van der Waals surface area contributed by atoms with Crippen LogP contribution in [0.25, 0.3) is 0 Å². The Hall–Kier alpha value is -0.120. The average molecular weight is 327 g/mol. The highest BCUT2D eigenvalue weighted by Crippen LogP contribution is 2.44. The summed E-state index contributed by atoms with van der Waals surface area (Å²) in [6.07, 6.45) is 15.0. The van der Waals surface area contributed by atoms with E-state index in [2.05, 4.69) is 13.8 Å². The van der Waals surface area contributed by atoms with Gasteiger partial charge >= 0.3 is 0 Å². The molecule has 0 aromatic heterocycles. The maximum atomic E-state index is 7.04. The van der Waals surface area contributed by atoms with Crippen LogP contribution in [0.5, 0.6) is 0 Å². The molecule has 2 rings (SSSR count). The maximum Gasteiger partial charge on any atom is 0.0712 e. The van der Waals surface area contributed by atoms with Crippen LogP contribution < -0.4 is 0 Å². The van der Waals surface area contributed by atoms with E-state index in [1.165, 1.54) is 64.2 Å². The van der Waals surface area contributed by atoms with Crippen molar-refractivity contribution in [2.45, 2.75) is 102 Å². The highest BCUT2D eigenvalue weighted by atomic mass is 16.5. The largest absolute Gasteiger partial charge is 0.382 e. The lowest BCUT2D eigenvalue weighted by atomic mass is 9.78. The normalized spacial score (nSPS) is 23.7. The summed E-state index contributed by atoms with van der Waals surface area (Å²) in [5, 5.41) is 0. The van der Waals surface area contributed by atoms with Gasteiger partial charge in [-0.3, -0.25) is 0 Å². The summed E-state index contributed by atoms with van der Waals surface area (Å²) < 4.78 is 18.4. The van der Waals surface area contributed by atoms with E-state index in [4.69, 9.17) is 14.2 Å². The molecule has 2 aliphatic rings. The lowest BCUT2D eigenvalue weighted by Gasteiger charge is -2.48. The summed E-state index contributed by atoms with van der Waals surface area (Å²) in [4.78, 5) is 0. The predicted octanol–water partition coefficient (Wildman–Crippen LogP) is 5.26. The van der Waals surface area contributed by atoms with Gasteiger partial charge in [0.05, 0.1) is 11.2 Å². The summed E-state index contributed by atoms with van der Waals surface area (Å²) in [5.41, 5.74) is 0.133. The van der Waals surface area contributed by atoms with Gasteiger partial charge in [0.15, 0.2) is 0 Å². The molecule has 0 heterocycles. The van der Waals surface area contributed by atoms with Crippen molar-refractivity contribution in [1.29, 1.82) is 0 Å². The van der Waals surface area contributed by atoms with Crippen molar-refractivity contribution in [1.82, 2.24) is 0 Å². The fourth-order valence-corrected chi connectivity index (χ4v) is 4.46. The van der Waals surface area contributed by atoms with Gasteiger partial charge in [0.25, 0.3) is 0 Å². The van der Waals surface area contributed by atoms with Crippen molar-refractivity contribution < 1.29 is 14.2 Å². The van der Waals surface area contributed by atoms with E-state index in [-0.39, 0.29) is 11.2 Å². The molecule has 0 N–H and O–H groups in total. The molecule has 2 saturated carbocycles. The minimum atomic E-state index is 0.0664. The van der Waals surface area contributed by atoms with E-state index in [9.17, 15) is 0 Å². The van der Waals surface area contributed by atoms with Gasteiger partial charge in [0.2, 0.25) is 0 Å². The van der Waals surface area contributed by atoms with Gasteiger partial charge in [-0.05, 0) is 52.4 Å². The van der Waals surface area contributed by atoms with Gasteiger partial charge in [-0.25, -0.2) is 0 Å². The first-order valence-electron chi connectivity index (χ1n) is 10.1. The topological polar surface area (TPSA) is 27.7 Å². The Morgan fingerprint density at radius 2 is 1.00 bits per heavy atom. The summed E-state index contributed by atoms with van der Waals surface area (Å²) >= 11 is 0. The second kappa shape index (κ2) is 10.0. The molecular formula is C20H38O3. The third-order valence-corrected chi connectivity index (χ3v) is 5.77. The van der Waals surface area contributed by atoms with Gasteiger partial charge in [-0.15, -0.1) is 0 Å². The summed E-state index contributed by atoms with van der Waals surface area (Å²) in [5.74, 6) is 0. The summed E-state index contributed by atoms with van der Waals surface area (Å²) in [6, 6.07) is 0. The molecule has 0 amide bonds. The van der Waals surface area contributed by atoms with Gasteiger partial charge in [0, 0.05) is 26.4 Å². The fourth-order valence-electron chi connectivity index (χ4n) is 4.46. The molecule has 0 aliphatic heterocycles. The first-order valence-corrected chi connectivity index (χ1v) is 10.1. The van der Waals surface area contributed by atoms with Crippen LogP contribution in [0.4, 0.5) is 0 Å². The van der Waals surface area contributed by atoms with E-state index in [0.717, 1.165) is 39.3 Å². The van der Waals surface area contributed by atoms with Crippen molar-refractivity contribution in [3.05, 3.63) is 0 Å². The zero-order valence-corrected chi connectivity index (χ0v) is 15.5. The van der Waals surface area contributed by atoms with E-state index >= 15 is 0 Å². The molecule has 136 valence electrons. The lowest BCUT2D eigenvalue weighted by molar-refractivity contribution is -0.198. The number of hydrogen-bond acceptors (Lipinski definition) is 3. The smallest absolute Gasteiger partial charge is 0.0712 e. The van der Waals surface area contributed by atoms with Gasteiger partial charge in [-0.2, -0.15) is 0 Å². The molecule has 0 bridgehead atoms. The third-order valence-electron chi connectivity index (χ3n) is 5.77. The van der Waals surface area contributed by atoms with Crippen molar-refractivity contribution in [2.75, 3.05) is 26.4 Å². The fraction of sp³-hybridized carbons (Fsp3) is 1.00. The highest BCUT2D eigenvalue weighted by molar-refractivity contribution is 4.93. The van der Waals surface area contributed by atoms with Crippen LogP contribution in [0.2, 0.25) is 0 Å². The molecule has 3 heteroatoms. The Morgan fingerprint density at radius 3 is 1.35 bits per heavy atom. The minimum Gasteiger partial charge on any atom is -0.382 e. The Morgan fingerprint density at radius 1 is 0.609 bits per heavy atom. The van der Waals surface area contributed by atoms with E-state index < -0.39 is 0 Å². The molecule has 0 aromatic rings. The maximum absolute atomic E-state index is 7.04. The standard InChI is InChI=1S/C20H38O3/c1-3-21-17-15-19(11-7-5-8-12-19)23-20(16-18-22-4-2)13-9-6-10-14-20/h3-18H2,1-2H3. The molecule has 23 heavy (non-hydrogen) atoms. The third kappa shape index (κ3) is 6.03. The molecule has 2 fully saturated rings. The molecule has 2 aliphatic carbocycles. The number of rotatable bonds is 10. The highest BCUT2D eigenvalue weighted by Gasteiger charge is 2.42. The first kappa shape index (κ1) is 19.2. The molecule has 0 atom stereocenters. The van der Waals surface area contributed by atoms with Crippen LogP contribution in [0.15, 0.2) is 0 Å². The first-order chi connectivity index (χ1) is 11.2. The van der Waals surface area contributed by atoms with E-state index in [1.54, 1.807) is 0 Å². The Balaban J connectivity index is 2.02. The van der Waals surface area contributed by atoms with Crippen LogP contribution in [-0.4, -0.2) is 37.6 Å². The molecule has 0 aromatic carbocycles. The van der Waals surface area contributed by atoms with Crippen LogP contribution in [-0.2, 0) is 14.2 Å². The minimum absolute atomic E-state index is 0.0664. The van der Waals surface area contributed by atoms with Crippen molar-refractivity contribution in [2.24, 2.45) is 0 Å². The molecular weight excluding hydrogens is 288 g/mol. The predicted molar refractivity (Wildman–Crippen MR) is 94.9 cm³/mol. The zero-order valence-electron chi connectivity index (χ0n) is 15.5. The lowest BCUT2D eigenvalue weighted by Crippen LogP contribution is -2.48. The SMILES string of the molecule is CCOCCC1(OC2(CCOCC)CCCCC2)CCCCC1. The summed E-state index contributed by atoms with van der Waals surface area (Å²) in [6.45, 7) is 7.48. The van der Waals surface area contributed by atoms with Crippen molar-refractivity contribution >= 4 is 0 Å². The van der Waals surface area contributed by atoms with E-state index in [1.807, 2.05) is 0 Å². The molecule has 0 spiro atoms. The number of hydrogen-bond donors (Lipinski definition) is 0.